The molecule has 1 fully saturated rings. The van der Waals surface area contributed by atoms with E-state index in [1.807, 2.05) is 47.4 Å². The molecule has 2 heterocycles. The summed E-state index contributed by atoms with van der Waals surface area (Å²) in [5, 5.41) is 4.71. The Bertz CT molecular complexity index is 1290. The minimum Gasteiger partial charge on any atom is -0.402 e. The normalized spacial score (nSPS) is 17.3. The quantitative estimate of drug-likeness (QED) is 0.490. The largest absolute Gasteiger partial charge is 0.402 e. The van der Waals surface area contributed by atoms with Crippen LogP contribution in [0.5, 0.6) is 0 Å². The zero-order valence-corrected chi connectivity index (χ0v) is 17.7. The third kappa shape index (κ3) is 4.41. The van der Waals surface area contributed by atoms with Crippen LogP contribution in [0.1, 0.15) is 5.56 Å². The maximum Gasteiger partial charge on any atom is 0.365 e. The van der Waals surface area contributed by atoms with Crippen LogP contribution in [-0.2, 0) is 9.53 Å². The molecule has 0 aliphatic carbocycles. The summed E-state index contributed by atoms with van der Waals surface area (Å²) in [6, 6.07) is 19.1. The van der Waals surface area contributed by atoms with Gasteiger partial charge in [-0.05, 0) is 35.0 Å². The second kappa shape index (κ2) is 8.74. The molecule has 1 N–H and O–H groups in total. The Morgan fingerprint density at radius 1 is 1.00 bits per heavy atom. The molecule has 0 bridgehead atoms. The van der Waals surface area contributed by atoms with Gasteiger partial charge in [-0.25, -0.2) is 19.0 Å². The number of esters is 1. The van der Waals surface area contributed by atoms with E-state index < -0.39 is 11.8 Å². The number of urea groups is 1. The molecule has 33 heavy (non-hydrogen) atoms. The average molecular weight is 444 g/mol. The van der Waals surface area contributed by atoms with E-state index in [0.29, 0.717) is 31.9 Å². The minimum atomic E-state index is -0.496. The number of anilines is 1. The highest BCUT2D eigenvalue weighted by molar-refractivity contribution is 6.16. The van der Waals surface area contributed by atoms with Crippen molar-refractivity contribution in [3.63, 3.8) is 0 Å². The van der Waals surface area contributed by atoms with Gasteiger partial charge >= 0.3 is 12.0 Å². The first kappa shape index (κ1) is 20.7. The smallest absolute Gasteiger partial charge is 0.365 e. The number of cyclic esters (lactones) is 1. The molecule has 7 nitrogen and oxygen atoms in total. The number of rotatable bonds is 3. The highest BCUT2D eigenvalue weighted by Crippen LogP contribution is 2.24. The van der Waals surface area contributed by atoms with E-state index in [1.165, 1.54) is 12.1 Å². The minimum absolute atomic E-state index is 0.232. The van der Waals surface area contributed by atoms with Crippen molar-refractivity contribution >= 4 is 34.4 Å². The van der Waals surface area contributed by atoms with Gasteiger partial charge in [0.25, 0.3) is 0 Å². The Kier molecular flexibility index (Phi) is 5.48. The summed E-state index contributed by atoms with van der Waals surface area (Å²) in [5.41, 5.74) is 1.41. The van der Waals surface area contributed by atoms with Crippen LogP contribution < -0.4 is 5.32 Å². The molecule has 2 aliphatic rings. The lowest BCUT2D eigenvalue weighted by atomic mass is 10.0. The molecule has 166 valence electrons. The zero-order chi connectivity index (χ0) is 22.8. The van der Waals surface area contributed by atoms with Crippen molar-refractivity contribution in [1.29, 1.82) is 0 Å². The van der Waals surface area contributed by atoms with Crippen LogP contribution in [0.3, 0.4) is 0 Å². The molecule has 0 atom stereocenters. The highest BCUT2D eigenvalue weighted by atomic mass is 19.1. The Labute approximate surface area is 189 Å². The molecule has 0 radical (unpaired) electrons. The Morgan fingerprint density at radius 3 is 2.58 bits per heavy atom. The third-order valence-electron chi connectivity index (χ3n) is 5.62. The first-order valence-corrected chi connectivity index (χ1v) is 10.6. The maximum absolute atomic E-state index is 13.3. The molecule has 3 aromatic carbocycles. The van der Waals surface area contributed by atoms with Crippen LogP contribution in [-0.4, -0.2) is 53.9 Å². The predicted octanol–water partition coefficient (Wildman–Crippen LogP) is 3.97. The number of piperazine rings is 1. The summed E-state index contributed by atoms with van der Waals surface area (Å²) in [7, 11) is 0. The Balaban J connectivity index is 1.25. The summed E-state index contributed by atoms with van der Waals surface area (Å²) in [6.07, 6.45) is 1.68. The number of fused-ring (bicyclic) bond motifs is 1. The highest BCUT2D eigenvalue weighted by Gasteiger charge is 2.27. The first-order chi connectivity index (χ1) is 16.1. The first-order valence-electron chi connectivity index (χ1n) is 10.6. The summed E-state index contributed by atoms with van der Waals surface area (Å²) in [6.45, 7) is 1.98. The van der Waals surface area contributed by atoms with Gasteiger partial charge in [0.1, 0.15) is 5.82 Å². The molecule has 0 aromatic heterocycles. The Morgan fingerprint density at radius 2 is 1.76 bits per heavy atom. The molecule has 2 aliphatic heterocycles. The van der Waals surface area contributed by atoms with E-state index in [9.17, 15) is 14.0 Å². The molecule has 8 heteroatoms. The van der Waals surface area contributed by atoms with E-state index in [4.69, 9.17) is 4.74 Å². The van der Waals surface area contributed by atoms with E-state index >= 15 is 0 Å². The molecule has 0 unspecified atom stereocenters. The van der Waals surface area contributed by atoms with Gasteiger partial charge < -0.3 is 19.9 Å². The van der Waals surface area contributed by atoms with E-state index in [0.717, 1.165) is 16.3 Å². The third-order valence-corrected chi connectivity index (χ3v) is 5.62. The Hall–Kier alpha value is -4.20. The summed E-state index contributed by atoms with van der Waals surface area (Å²) >= 11 is 0. The number of amides is 2. The van der Waals surface area contributed by atoms with Gasteiger partial charge in [0, 0.05) is 43.6 Å². The number of aliphatic imine (C=N–C) groups is 1. The zero-order valence-electron chi connectivity index (χ0n) is 17.7. The maximum atomic E-state index is 13.3. The SMILES string of the molecule is O=C1OC(c2cccc3ccccc23)=N/C1=C\N1CCN(C(=O)Nc2cccc(F)c2)CC1. The average Bonchev–Trinajstić information content (AvgIpc) is 3.19. The fourth-order valence-corrected chi connectivity index (χ4v) is 3.92. The van der Waals surface area contributed by atoms with Gasteiger partial charge in [0.05, 0.1) is 0 Å². The van der Waals surface area contributed by atoms with Crippen LogP contribution in [0.4, 0.5) is 14.9 Å². The molecule has 3 aromatic rings. The number of benzene rings is 3. The van der Waals surface area contributed by atoms with Crippen LogP contribution in [0, 0.1) is 5.82 Å². The van der Waals surface area contributed by atoms with Crippen LogP contribution in [0.25, 0.3) is 10.8 Å². The van der Waals surface area contributed by atoms with Crippen molar-refractivity contribution in [2.45, 2.75) is 0 Å². The molecule has 1 saturated heterocycles. The number of hydrogen-bond donors (Lipinski definition) is 1. The summed E-state index contributed by atoms with van der Waals surface area (Å²) in [4.78, 5) is 32.9. The van der Waals surface area contributed by atoms with Crippen LogP contribution in [0.2, 0.25) is 0 Å². The molecule has 0 spiro atoms. The number of halogens is 1. The van der Waals surface area contributed by atoms with Crippen molar-refractivity contribution < 1.29 is 18.7 Å². The lowest BCUT2D eigenvalue weighted by Crippen LogP contribution is -2.48. The van der Waals surface area contributed by atoms with Crippen molar-refractivity contribution in [3.8, 4) is 0 Å². The number of carbonyl (C=O) groups is 2. The number of nitrogens with zero attached hydrogens (tertiary/aromatic N) is 3. The van der Waals surface area contributed by atoms with Crippen molar-refractivity contribution in [2.75, 3.05) is 31.5 Å². The van der Waals surface area contributed by atoms with Crippen LogP contribution >= 0.6 is 0 Å². The molecule has 5 rings (SSSR count). The second-order valence-electron chi connectivity index (χ2n) is 7.81. The molecule has 2 amide bonds. The van der Waals surface area contributed by atoms with E-state index in [1.54, 1.807) is 23.2 Å². The number of hydrogen-bond acceptors (Lipinski definition) is 5. The number of nitrogens with one attached hydrogen (secondary N) is 1. The fraction of sp³-hybridized carbons (Fsp3) is 0.160. The summed E-state index contributed by atoms with van der Waals surface area (Å²) in [5.74, 6) is -0.614. The van der Waals surface area contributed by atoms with E-state index in [-0.39, 0.29) is 17.6 Å². The molecule has 0 saturated carbocycles. The van der Waals surface area contributed by atoms with Gasteiger partial charge in [-0.2, -0.15) is 0 Å². The molecular weight excluding hydrogens is 423 g/mol. The second-order valence-corrected chi connectivity index (χ2v) is 7.81. The lowest BCUT2D eigenvalue weighted by molar-refractivity contribution is -0.130. The number of ether oxygens (including phenoxy) is 1. The fourth-order valence-electron chi connectivity index (χ4n) is 3.92. The predicted molar refractivity (Wildman–Crippen MR) is 123 cm³/mol. The number of carbonyl (C=O) groups excluding carboxylic acids is 2. The van der Waals surface area contributed by atoms with Crippen molar-refractivity contribution in [3.05, 3.63) is 90.0 Å². The topological polar surface area (TPSA) is 74.2 Å². The standard InChI is InChI=1S/C25H21FN4O3/c26-18-7-4-8-19(15-18)27-25(32)30-13-11-29(12-14-30)16-22-24(31)33-23(28-22)21-10-3-6-17-5-1-2-9-20(17)21/h1-10,15-16H,11-14H2,(H,27,32)/b22-16-. The van der Waals surface area contributed by atoms with Crippen LogP contribution in [0.15, 0.2) is 83.6 Å². The molecular formula is C25H21FN4O3. The van der Waals surface area contributed by atoms with Crippen molar-refractivity contribution in [2.24, 2.45) is 4.99 Å². The van der Waals surface area contributed by atoms with Gasteiger partial charge in [-0.3, -0.25) is 0 Å². The van der Waals surface area contributed by atoms with Gasteiger partial charge in [-0.15, -0.1) is 0 Å². The van der Waals surface area contributed by atoms with Gasteiger partial charge in [-0.1, -0.05) is 42.5 Å². The van der Waals surface area contributed by atoms with Crippen molar-refractivity contribution in [1.82, 2.24) is 9.80 Å². The van der Waals surface area contributed by atoms with Gasteiger partial charge in [0.2, 0.25) is 5.90 Å². The lowest BCUT2D eigenvalue weighted by Gasteiger charge is -2.34. The van der Waals surface area contributed by atoms with Gasteiger partial charge in [0.15, 0.2) is 5.70 Å². The monoisotopic (exact) mass is 444 g/mol. The van der Waals surface area contributed by atoms with E-state index in [2.05, 4.69) is 10.3 Å². The summed E-state index contributed by atoms with van der Waals surface area (Å²) < 4.78 is 18.8.